The fourth-order valence-electron chi connectivity index (χ4n) is 4.61. The molecule has 3 aromatic heterocycles. The lowest BCUT2D eigenvalue weighted by Gasteiger charge is -2.28. The molecule has 1 N–H and O–H groups in total. The Kier molecular flexibility index (Phi) is 6.30. The van der Waals surface area contributed by atoms with Crippen molar-refractivity contribution in [3.63, 3.8) is 0 Å². The average Bonchev–Trinajstić information content (AvgIpc) is 3.02. The summed E-state index contributed by atoms with van der Waals surface area (Å²) in [5.41, 5.74) is 4.86. The van der Waals surface area contributed by atoms with Crippen molar-refractivity contribution in [1.82, 2.24) is 15.0 Å². The van der Waals surface area contributed by atoms with Crippen molar-refractivity contribution in [2.24, 2.45) is 0 Å². The smallest absolute Gasteiger partial charge is 0.191 e. The van der Waals surface area contributed by atoms with Crippen LogP contribution in [0.4, 0.5) is 0 Å². The van der Waals surface area contributed by atoms with Crippen molar-refractivity contribution >= 4 is 0 Å². The zero-order chi connectivity index (χ0) is 25.8. The quantitative estimate of drug-likeness (QED) is 0.269. The highest BCUT2D eigenvalue weighted by molar-refractivity contribution is 5.63. The molecule has 4 heteroatoms. The van der Waals surface area contributed by atoms with E-state index in [1.807, 2.05) is 146 Å². The summed E-state index contributed by atoms with van der Waals surface area (Å²) in [4.78, 5) is 14.8. The monoisotopic (exact) mass is 491 g/mol. The molecule has 0 aliphatic carbocycles. The Bertz CT molecular complexity index is 1470. The van der Waals surface area contributed by atoms with Gasteiger partial charge in [0.1, 0.15) is 0 Å². The fraction of sp³-hybridized carbons (Fsp3) is 0.0294. The molecule has 0 bridgehead atoms. The summed E-state index contributed by atoms with van der Waals surface area (Å²) in [5.74, 6) is 0. The van der Waals surface area contributed by atoms with Crippen LogP contribution >= 0.6 is 0 Å². The molecule has 0 saturated carbocycles. The summed E-state index contributed by atoms with van der Waals surface area (Å²) in [6.45, 7) is 0. The molecule has 0 atom stereocenters. The van der Waals surface area contributed by atoms with Crippen molar-refractivity contribution in [3.8, 4) is 33.8 Å². The summed E-state index contributed by atoms with van der Waals surface area (Å²) in [7, 11) is 0. The van der Waals surface area contributed by atoms with Gasteiger partial charge in [-0.15, -0.1) is 0 Å². The molecule has 0 saturated heterocycles. The van der Waals surface area contributed by atoms with E-state index in [0.29, 0.717) is 17.1 Å². The number of rotatable bonds is 6. The van der Waals surface area contributed by atoms with E-state index in [9.17, 15) is 5.11 Å². The van der Waals surface area contributed by atoms with E-state index in [1.165, 1.54) is 0 Å². The number of aliphatic hydroxyl groups is 1. The maximum Gasteiger partial charge on any atom is 0.191 e. The first-order valence-corrected chi connectivity index (χ1v) is 12.5. The summed E-state index contributed by atoms with van der Waals surface area (Å²) >= 11 is 0. The number of pyridine rings is 3. The van der Waals surface area contributed by atoms with Crippen molar-refractivity contribution in [3.05, 3.63) is 163 Å². The SMILES string of the molecule is OC(c1cccc(-c2ccccc2)n1)(c1cccc(-c2ccccc2)n1)c1cccc(-c2ccccc2)n1. The summed E-state index contributed by atoms with van der Waals surface area (Å²) < 4.78 is 0. The molecule has 0 radical (unpaired) electrons. The second-order valence-electron chi connectivity index (χ2n) is 9.03. The Morgan fingerprint density at radius 1 is 0.342 bits per heavy atom. The maximum absolute atomic E-state index is 12.7. The topological polar surface area (TPSA) is 58.9 Å². The van der Waals surface area contributed by atoms with E-state index in [1.54, 1.807) is 0 Å². The Hall–Kier alpha value is -4.93. The highest BCUT2D eigenvalue weighted by atomic mass is 16.3. The number of aromatic nitrogens is 3. The number of hydrogen-bond donors (Lipinski definition) is 1. The van der Waals surface area contributed by atoms with Gasteiger partial charge in [-0.3, -0.25) is 0 Å². The molecule has 3 aromatic carbocycles. The van der Waals surface area contributed by atoms with Crippen molar-refractivity contribution in [2.75, 3.05) is 0 Å². The molecule has 0 aliphatic heterocycles. The molecule has 4 nitrogen and oxygen atoms in total. The zero-order valence-electron chi connectivity index (χ0n) is 20.6. The predicted molar refractivity (Wildman–Crippen MR) is 151 cm³/mol. The van der Waals surface area contributed by atoms with Gasteiger partial charge in [-0.25, -0.2) is 15.0 Å². The van der Waals surface area contributed by atoms with Gasteiger partial charge in [0, 0.05) is 16.7 Å². The molecule has 6 aromatic rings. The second kappa shape index (κ2) is 10.2. The molecule has 0 amide bonds. The molecule has 38 heavy (non-hydrogen) atoms. The van der Waals surface area contributed by atoms with E-state index in [2.05, 4.69) is 0 Å². The lowest BCUT2D eigenvalue weighted by atomic mass is 9.88. The average molecular weight is 492 g/mol. The number of benzene rings is 3. The van der Waals surface area contributed by atoms with Gasteiger partial charge < -0.3 is 5.11 Å². The van der Waals surface area contributed by atoms with E-state index in [-0.39, 0.29) is 0 Å². The molecule has 0 fully saturated rings. The maximum atomic E-state index is 12.7. The molecule has 0 unspecified atom stereocenters. The molecular formula is C34H25N3O. The van der Waals surface area contributed by atoms with Crippen LogP contribution in [0.1, 0.15) is 17.1 Å². The van der Waals surface area contributed by atoms with Crippen LogP contribution in [0.3, 0.4) is 0 Å². The van der Waals surface area contributed by atoms with Crippen LogP contribution in [0.5, 0.6) is 0 Å². The van der Waals surface area contributed by atoms with E-state index in [4.69, 9.17) is 15.0 Å². The van der Waals surface area contributed by atoms with Gasteiger partial charge in [-0.05, 0) is 36.4 Å². The Labute approximate surface area is 222 Å². The van der Waals surface area contributed by atoms with Crippen LogP contribution in [0.25, 0.3) is 33.8 Å². The van der Waals surface area contributed by atoms with Gasteiger partial charge in [-0.2, -0.15) is 0 Å². The van der Waals surface area contributed by atoms with Gasteiger partial charge in [0.05, 0.1) is 34.2 Å². The minimum Gasteiger partial charge on any atom is -0.372 e. The van der Waals surface area contributed by atoms with Crippen LogP contribution in [-0.2, 0) is 5.60 Å². The lowest BCUT2D eigenvalue weighted by Crippen LogP contribution is -2.32. The molecule has 0 aliphatic rings. The molecule has 182 valence electrons. The molecule has 3 heterocycles. The first-order valence-electron chi connectivity index (χ1n) is 12.5. The van der Waals surface area contributed by atoms with Crippen molar-refractivity contribution < 1.29 is 5.11 Å². The fourth-order valence-corrected chi connectivity index (χ4v) is 4.61. The summed E-state index contributed by atoms with van der Waals surface area (Å²) in [6.07, 6.45) is 0. The van der Waals surface area contributed by atoms with Crippen molar-refractivity contribution in [2.45, 2.75) is 5.60 Å². The minimum absolute atomic E-state index is 0.453. The van der Waals surface area contributed by atoms with E-state index in [0.717, 1.165) is 33.8 Å². The predicted octanol–water partition coefficient (Wildman–Crippen LogP) is 7.16. The molecule has 6 rings (SSSR count). The summed E-state index contributed by atoms with van der Waals surface area (Å²) in [5, 5.41) is 12.7. The van der Waals surface area contributed by atoms with Gasteiger partial charge in [0.15, 0.2) is 5.60 Å². The van der Waals surface area contributed by atoms with Crippen LogP contribution in [0.15, 0.2) is 146 Å². The molecular weight excluding hydrogens is 466 g/mol. The largest absolute Gasteiger partial charge is 0.372 e. The number of nitrogens with zero attached hydrogens (tertiary/aromatic N) is 3. The third-order valence-electron chi connectivity index (χ3n) is 6.57. The highest BCUT2D eigenvalue weighted by Gasteiger charge is 2.39. The first-order chi connectivity index (χ1) is 18.7. The van der Waals surface area contributed by atoms with Crippen LogP contribution in [0, 0.1) is 0 Å². The Balaban J connectivity index is 1.56. The standard InChI is InChI=1S/C34H25N3O/c38-34(31-22-10-19-28(35-31)25-13-4-1-5-14-25,32-23-11-20-29(36-32)26-15-6-2-7-16-26)33-24-12-21-30(37-33)27-17-8-3-9-18-27/h1-24,38H. The van der Waals surface area contributed by atoms with Gasteiger partial charge in [0.2, 0.25) is 0 Å². The normalized spacial score (nSPS) is 11.3. The second-order valence-corrected chi connectivity index (χ2v) is 9.03. The van der Waals surface area contributed by atoms with Gasteiger partial charge >= 0.3 is 0 Å². The van der Waals surface area contributed by atoms with Crippen LogP contribution in [-0.4, -0.2) is 20.1 Å². The Morgan fingerprint density at radius 3 is 0.921 bits per heavy atom. The van der Waals surface area contributed by atoms with Crippen molar-refractivity contribution in [1.29, 1.82) is 0 Å². The van der Waals surface area contributed by atoms with Gasteiger partial charge in [-0.1, -0.05) is 109 Å². The van der Waals surface area contributed by atoms with E-state index >= 15 is 0 Å². The minimum atomic E-state index is -1.69. The third-order valence-corrected chi connectivity index (χ3v) is 6.57. The summed E-state index contributed by atoms with van der Waals surface area (Å²) in [6, 6.07) is 46.9. The number of hydrogen-bond acceptors (Lipinski definition) is 4. The third kappa shape index (κ3) is 4.49. The van der Waals surface area contributed by atoms with Gasteiger partial charge in [0.25, 0.3) is 0 Å². The molecule has 0 spiro atoms. The van der Waals surface area contributed by atoms with E-state index < -0.39 is 5.60 Å². The van der Waals surface area contributed by atoms with Crippen LogP contribution < -0.4 is 0 Å². The first kappa shape index (κ1) is 23.5. The highest BCUT2D eigenvalue weighted by Crippen LogP contribution is 2.36. The zero-order valence-corrected chi connectivity index (χ0v) is 20.6. The van der Waals surface area contributed by atoms with Crippen LogP contribution in [0.2, 0.25) is 0 Å². The lowest BCUT2D eigenvalue weighted by molar-refractivity contribution is 0.111. The Morgan fingerprint density at radius 2 is 0.632 bits per heavy atom.